The summed E-state index contributed by atoms with van der Waals surface area (Å²) in [5.41, 5.74) is 17.0. The Morgan fingerprint density at radius 2 is 0.731 bits per heavy atom. The van der Waals surface area contributed by atoms with Crippen molar-refractivity contribution in [3.63, 3.8) is 0 Å². The third-order valence-corrected chi connectivity index (χ3v) is 10.5. The maximum Gasteiger partial charge on any atom is 0.0541 e. The first kappa shape index (κ1) is 31.3. The topological polar surface area (TPSA) is 8.17 Å². The van der Waals surface area contributed by atoms with Gasteiger partial charge < -0.3 is 9.47 Å². The van der Waals surface area contributed by atoms with Gasteiger partial charge in [-0.2, -0.15) is 0 Å². The Balaban J connectivity index is 1.01. The van der Waals surface area contributed by atoms with E-state index in [-0.39, 0.29) is 0 Å². The van der Waals surface area contributed by atoms with Crippen molar-refractivity contribution in [1.29, 1.82) is 0 Å². The summed E-state index contributed by atoms with van der Waals surface area (Å²) in [5, 5.41) is 2.57. The molecule has 0 amide bonds. The molecule has 0 aliphatic rings. The monoisotopic (exact) mass is 666 g/mol. The summed E-state index contributed by atoms with van der Waals surface area (Å²) in [6, 6.07) is 69.9. The Labute approximate surface area is 305 Å². The quantitative estimate of drug-likeness (QED) is 0.164. The number of nitrogens with zero attached hydrogens (tertiary/aromatic N) is 2. The Morgan fingerprint density at radius 3 is 1.27 bits per heavy atom. The van der Waals surface area contributed by atoms with E-state index in [9.17, 15) is 0 Å². The van der Waals surface area contributed by atoms with Gasteiger partial charge in [0.05, 0.1) is 11.0 Å². The van der Waals surface area contributed by atoms with Crippen LogP contribution >= 0.6 is 0 Å². The largest absolute Gasteiger partial charge is 0.311 e. The molecule has 0 radical (unpaired) electrons. The van der Waals surface area contributed by atoms with E-state index < -0.39 is 0 Å². The van der Waals surface area contributed by atoms with E-state index in [1.807, 2.05) is 0 Å². The van der Waals surface area contributed by atoms with Gasteiger partial charge in [0, 0.05) is 33.5 Å². The summed E-state index contributed by atoms with van der Waals surface area (Å²) in [5.74, 6) is 0. The van der Waals surface area contributed by atoms with E-state index in [1.54, 1.807) is 0 Å². The normalized spacial score (nSPS) is 11.3. The smallest absolute Gasteiger partial charge is 0.0541 e. The minimum atomic E-state index is 1.12. The zero-order valence-corrected chi connectivity index (χ0v) is 29.4. The number of aromatic nitrogens is 1. The summed E-state index contributed by atoms with van der Waals surface area (Å²) in [6.45, 7) is 4.51. The summed E-state index contributed by atoms with van der Waals surface area (Å²) in [4.78, 5) is 2.32. The second-order valence-corrected chi connectivity index (χ2v) is 13.5. The SMILES string of the molecule is Cc1c(-c2ccc(-c3ccc(N(c4ccccc4)c4ccc(-c5ccccc5)cc4)cc3)cc2)ccc(-n2c3ccccc3c3ccccc32)c1C. The third-order valence-electron chi connectivity index (χ3n) is 10.5. The van der Waals surface area contributed by atoms with E-state index >= 15 is 0 Å². The Kier molecular flexibility index (Phi) is 7.98. The van der Waals surface area contributed by atoms with Crippen LogP contribution in [0.1, 0.15) is 11.1 Å². The van der Waals surface area contributed by atoms with Gasteiger partial charge in [0.25, 0.3) is 0 Å². The van der Waals surface area contributed by atoms with Crippen LogP contribution in [-0.2, 0) is 0 Å². The van der Waals surface area contributed by atoms with Crippen molar-refractivity contribution in [3.8, 4) is 39.1 Å². The van der Waals surface area contributed by atoms with Gasteiger partial charge in [-0.1, -0.05) is 140 Å². The summed E-state index contributed by atoms with van der Waals surface area (Å²) in [7, 11) is 0. The standard InChI is InChI=1S/C50H38N2/c1-35-36(2)48(52-49-19-11-9-17-46(49)47-18-10-12-20-50(47)52)34-33-45(35)41-23-21-38(22-24-41)40-27-31-44(32-28-40)51(42-15-7-4-8-16-42)43-29-25-39(26-30-43)37-13-5-3-6-14-37/h3-34H,1-2H3. The number of fused-ring (bicyclic) bond motifs is 3. The lowest BCUT2D eigenvalue weighted by molar-refractivity contribution is 1.13. The molecule has 0 aliphatic carbocycles. The van der Waals surface area contributed by atoms with Crippen LogP contribution in [0.15, 0.2) is 194 Å². The minimum absolute atomic E-state index is 1.12. The molecule has 1 heterocycles. The average molecular weight is 667 g/mol. The highest BCUT2D eigenvalue weighted by Gasteiger charge is 2.17. The highest BCUT2D eigenvalue weighted by molar-refractivity contribution is 6.09. The fourth-order valence-electron chi connectivity index (χ4n) is 7.65. The van der Waals surface area contributed by atoms with Crippen LogP contribution in [0.25, 0.3) is 60.9 Å². The van der Waals surface area contributed by atoms with Crippen molar-refractivity contribution in [2.45, 2.75) is 13.8 Å². The molecule has 9 aromatic rings. The van der Waals surface area contributed by atoms with Crippen molar-refractivity contribution in [2.75, 3.05) is 4.90 Å². The lowest BCUT2D eigenvalue weighted by Crippen LogP contribution is -2.09. The lowest BCUT2D eigenvalue weighted by atomic mass is 9.94. The van der Waals surface area contributed by atoms with Crippen molar-refractivity contribution >= 4 is 38.9 Å². The fraction of sp³-hybridized carbons (Fsp3) is 0.0400. The zero-order valence-electron chi connectivity index (χ0n) is 29.4. The molecule has 0 unspecified atom stereocenters. The van der Waals surface area contributed by atoms with Crippen molar-refractivity contribution in [3.05, 3.63) is 205 Å². The number of rotatable bonds is 7. The van der Waals surface area contributed by atoms with Crippen LogP contribution in [0.2, 0.25) is 0 Å². The van der Waals surface area contributed by atoms with E-state index in [2.05, 4.69) is 217 Å². The molecule has 0 saturated carbocycles. The van der Waals surface area contributed by atoms with Gasteiger partial charge in [0.15, 0.2) is 0 Å². The molecule has 0 fully saturated rings. The predicted molar refractivity (Wildman–Crippen MR) is 221 cm³/mol. The molecule has 8 aromatic carbocycles. The number of hydrogen-bond donors (Lipinski definition) is 0. The second-order valence-electron chi connectivity index (χ2n) is 13.5. The first-order valence-electron chi connectivity index (χ1n) is 17.9. The van der Waals surface area contributed by atoms with Gasteiger partial charge in [0.2, 0.25) is 0 Å². The van der Waals surface area contributed by atoms with Gasteiger partial charge in [-0.15, -0.1) is 0 Å². The minimum Gasteiger partial charge on any atom is -0.311 e. The van der Waals surface area contributed by atoms with Gasteiger partial charge in [-0.05, 0) is 113 Å². The first-order chi connectivity index (χ1) is 25.6. The number of para-hydroxylation sites is 3. The molecule has 2 nitrogen and oxygen atoms in total. The molecular weight excluding hydrogens is 629 g/mol. The van der Waals surface area contributed by atoms with Crippen molar-refractivity contribution in [1.82, 2.24) is 4.57 Å². The molecule has 0 spiro atoms. The summed E-state index contributed by atoms with van der Waals surface area (Å²) in [6.07, 6.45) is 0. The summed E-state index contributed by atoms with van der Waals surface area (Å²) < 4.78 is 2.42. The van der Waals surface area contributed by atoms with Crippen molar-refractivity contribution in [2.24, 2.45) is 0 Å². The first-order valence-corrected chi connectivity index (χ1v) is 17.9. The van der Waals surface area contributed by atoms with Crippen LogP contribution in [0, 0.1) is 13.8 Å². The molecule has 52 heavy (non-hydrogen) atoms. The number of benzene rings is 8. The van der Waals surface area contributed by atoms with Gasteiger partial charge in [-0.3, -0.25) is 0 Å². The molecule has 248 valence electrons. The lowest BCUT2D eigenvalue weighted by Gasteiger charge is -2.26. The molecule has 9 rings (SSSR count). The Hall–Kier alpha value is -6.64. The number of hydrogen-bond acceptors (Lipinski definition) is 1. The fourth-order valence-corrected chi connectivity index (χ4v) is 7.65. The molecule has 1 aromatic heterocycles. The Bertz CT molecular complexity index is 2600. The van der Waals surface area contributed by atoms with Crippen LogP contribution in [0.3, 0.4) is 0 Å². The van der Waals surface area contributed by atoms with Crippen LogP contribution in [0.5, 0.6) is 0 Å². The molecule has 0 aliphatic heterocycles. The highest BCUT2D eigenvalue weighted by Crippen LogP contribution is 2.38. The second kappa shape index (κ2) is 13.2. The predicted octanol–water partition coefficient (Wildman–Crippen LogP) is 13.9. The molecule has 0 atom stereocenters. The maximum absolute atomic E-state index is 2.42. The molecular formula is C50H38N2. The molecule has 0 saturated heterocycles. The highest BCUT2D eigenvalue weighted by atomic mass is 15.1. The average Bonchev–Trinajstić information content (AvgIpc) is 3.55. The summed E-state index contributed by atoms with van der Waals surface area (Å²) >= 11 is 0. The van der Waals surface area contributed by atoms with Crippen LogP contribution in [-0.4, -0.2) is 4.57 Å². The van der Waals surface area contributed by atoms with E-state index in [4.69, 9.17) is 0 Å². The Morgan fingerprint density at radius 1 is 0.327 bits per heavy atom. The van der Waals surface area contributed by atoms with Gasteiger partial charge in [-0.25, -0.2) is 0 Å². The van der Waals surface area contributed by atoms with E-state index in [1.165, 1.54) is 72.0 Å². The van der Waals surface area contributed by atoms with Crippen molar-refractivity contribution < 1.29 is 0 Å². The van der Waals surface area contributed by atoms with E-state index in [0.717, 1.165) is 17.1 Å². The van der Waals surface area contributed by atoms with Gasteiger partial charge >= 0.3 is 0 Å². The molecule has 0 bridgehead atoms. The van der Waals surface area contributed by atoms with Crippen LogP contribution in [0.4, 0.5) is 17.1 Å². The maximum atomic E-state index is 2.42. The third kappa shape index (κ3) is 5.55. The van der Waals surface area contributed by atoms with Crippen LogP contribution < -0.4 is 4.90 Å². The molecule has 0 N–H and O–H groups in total. The van der Waals surface area contributed by atoms with Gasteiger partial charge in [0.1, 0.15) is 0 Å². The van der Waals surface area contributed by atoms with E-state index in [0.29, 0.717) is 0 Å². The number of anilines is 3. The molecule has 2 heteroatoms. The zero-order chi connectivity index (χ0) is 35.0.